The van der Waals surface area contributed by atoms with Gasteiger partial charge in [-0.05, 0) is 56.8 Å². The van der Waals surface area contributed by atoms with Gasteiger partial charge in [-0.3, -0.25) is 0 Å². The molecule has 0 unspecified atom stereocenters. The van der Waals surface area contributed by atoms with Gasteiger partial charge in [-0.2, -0.15) is 0 Å². The van der Waals surface area contributed by atoms with E-state index in [2.05, 4.69) is 5.32 Å². The first-order valence-electron chi connectivity index (χ1n) is 6.81. The van der Waals surface area contributed by atoms with Crippen LogP contribution in [0, 0.1) is 11.8 Å². The van der Waals surface area contributed by atoms with Crippen LogP contribution in [0.15, 0.2) is 0 Å². The number of hydrogen-bond acceptors (Lipinski definition) is 2. The van der Waals surface area contributed by atoms with E-state index in [0.29, 0.717) is 18.2 Å². The maximum Gasteiger partial charge on any atom is 0.0733 e. The summed E-state index contributed by atoms with van der Waals surface area (Å²) in [6.07, 6.45) is 11.0. The molecule has 2 bridgehead atoms. The van der Waals surface area contributed by atoms with E-state index < -0.39 is 0 Å². The van der Waals surface area contributed by atoms with Crippen LogP contribution in [0.2, 0.25) is 0 Å². The lowest BCUT2D eigenvalue weighted by Crippen LogP contribution is -2.45. The molecular weight excluding hydrogens is 186 g/mol. The van der Waals surface area contributed by atoms with Crippen molar-refractivity contribution in [3.63, 3.8) is 0 Å². The second kappa shape index (κ2) is 3.21. The van der Waals surface area contributed by atoms with Gasteiger partial charge in [-0.25, -0.2) is 0 Å². The summed E-state index contributed by atoms with van der Waals surface area (Å²) < 4.78 is 5.92. The molecule has 1 N–H and O–H groups in total. The Morgan fingerprint density at radius 2 is 1.67 bits per heavy atom. The fourth-order valence-corrected chi connectivity index (χ4v) is 3.63. The number of nitrogens with one attached hydrogen (secondary N) is 1. The molecule has 0 aromatic heterocycles. The van der Waals surface area contributed by atoms with E-state index in [9.17, 15) is 0 Å². The maximum absolute atomic E-state index is 5.92. The zero-order chi connectivity index (χ0) is 9.83. The Kier molecular flexibility index (Phi) is 1.92. The minimum Gasteiger partial charge on any atom is -0.373 e. The Labute approximate surface area is 91.8 Å². The first-order valence-corrected chi connectivity index (χ1v) is 6.81. The van der Waals surface area contributed by atoms with Gasteiger partial charge in [0.2, 0.25) is 0 Å². The predicted molar refractivity (Wildman–Crippen MR) is 58.7 cm³/mol. The number of hydrogen-bond donors (Lipinski definition) is 1. The molecule has 2 saturated heterocycles. The smallest absolute Gasteiger partial charge is 0.0733 e. The standard InChI is InChI=1S/C13H21NO/c1-2-8(1)13(9-3-4-9)14-11-7-10-5-6-12(11)15-10/h8-14H,1-7H2/t10-,11-,12-/m1/s1. The Morgan fingerprint density at radius 3 is 2.13 bits per heavy atom. The molecule has 4 fully saturated rings. The van der Waals surface area contributed by atoms with E-state index in [4.69, 9.17) is 4.74 Å². The molecule has 2 aliphatic heterocycles. The molecule has 2 aliphatic carbocycles. The van der Waals surface area contributed by atoms with Crippen LogP contribution in [-0.2, 0) is 4.74 Å². The van der Waals surface area contributed by atoms with E-state index in [0.717, 1.165) is 17.9 Å². The van der Waals surface area contributed by atoms with Gasteiger partial charge in [0, 0.05) is 12.1 Å². The minimum absolute atomic E-state index is 0.565. The minimum atomic E-state index is 0.565. The van der Waals surface area contributed by atoms with Crippen LogP contribution in [0.3, 0.4) is 0 Å². The highest BCUT2D eigenvalue weighted by atomic mass is 16.5. The van der Waals surface area contributed by atoms with E-state index in [-0.39, 0.29) is 0 Å². The van der Waals surface area contributed by atoms with Crippen molar-refractivity contribution in [2.75, 3.05) is 0 Å². The Bertz CT molecular complexity index is 247. The van der Waals surface area contributed by atoms with Crippen molar-refractivity contribution in [3.05, 3.63) is 0 Å². The SMILES string of the molecule is C1CC1C(N[C@@H]1C[C@H]2CC[C@H]1O2)C1CC1. The zero-order valence-corrected chi connectivity index (χ0v) is 9.32. The molecule has 2 heteroatoms. The lowest BCUT2D eigenvalue weighted by atomic mass is 9.93. The summed E-state index contributed by atoms with van der Waals surface area (Å²) in [7, 11) is 0. The molecule has 4 aliphatic rings. The van der Waals surface area contributed by atoms with Crippen molar-refractivity contribution in [1.29, 1.82) is 0 Å². The molecule has 2 saturated carbocycles. The van der Waals surface area contributed by atoms with Crippen molar-refractivity contribution in [2.45, 2.75) is 69.2 Å². The van der Waals surface area contributed by atoms with Crippen LogP contribution in [0.25, 0.3) is 0 Å². The summed E-state index contributed by atoms with van der Waals surface area (Å²) in [4.78, 5) is 0. The van der Waals surface area contributed by atoms with Crippen LogP contribution < -0.4 is 5.32 Å². The van der Waals surface area contributed by atoms with Gasteiger partial charge in [0.25, 0.3) is 0 Å². The molecule has 15 heavy (non-hydrogen) atoms. The Hall–Kier alpha value is -0.0800. The lowest BCUT2D eigenvalue weighted by Gasteiger charge is -2.27. The second-order valence-corrected chi connectivity index (χ2v) is 6.08. The van der Waals surface area contributed by atoms with Gasteiger partial charge in [0.15, 0.2) is 0 Å². The molecule has 0 aromatic rings. The quantitative estimate of drug-likeness (QED) is 0.762. The van der Waals surface area contributed by atoms with Gasteiger partial charge < -0.3 is 10.1 Å². The largest absolute Gasteiger partial charge is 0.373 e. The van der Waals surface area contributed by atoms with E-state index in [1.807, 2.05) is 0 Å². The van der Waals surface area contributed by atoms with Gasteiger partial charge in [0.1, 0.15) is 0 Å². The lowest BCUT2D eigenvalue weighted by molar-refractivity contribution is 0.0950. The fraction of sp³-hybridized carbons (Fsp3) is 1.00. The van der Waals surface area contributed by atoms with Crippen molar-refractivity contribution in [1.82, 2.24) is 5.32 Å². The maximum atomic E-state index is 5.92. The van der Waals surface area contributed by atoms with Crippen molar-refractivity contribution in [3.8, 4) is 0 Å². The zero-order valence-electron chi connectivity index (χ0n) is 9.32. The molecule has 2 nitrogen and oxygen atoms in total. The summed E-state index contributed by atoms with van der Waals surface area (Å²) in [5.41, 5.74) is 0. The van der Waals surface area contributed by atoms with E-state index >= 15 is 0 Å². The van der Waals surface area contributed by atoms with Gasteiger partial charge in [0.05, 0.1) is 12.2 Å². The summed E-state index contributed by atoms with van der Waals surface area (Å²) in [6, 6.07) is 1.56. The van der Waals surface area contributed by atoms with Gasteiger partial charge in [-0.15, -0.1) is 0 Å². The van der Waals surface area contributed by atoms with Crippen molar-refractivity contribution in [2.24, 2.45) is 11.8 Å². The topological polar surface area (TPSA) is 21.3 Å². The van der Waals surface area contributed by atoms with Gasteiger partial charge >= 0.3 is 0 Å². The highest BCUT2D eigenvalue weighted by Gasteiger charge is 2.46. The normalized spacial score (nSPS) is 44.2. The monoisotopic (exact) mass is 207 g/mol. The molecule has 4 rings (SSSR count). The van der Waals surface area contributed by atoms with Crippen molar-refractivity contribution >= 4 is 0 Å². The summed E-state index contributed by atoms with van der Waals surface area (Å²) in [6.45, 7) is 0. The molecule has 84 valence electrons. The fourth-order valence-electron chi connectivity index (χ4n) is 3.63. The molecule has 0 radical (unpaired) electrons. The Balaban J connectivity index is 1.41. The third-order valence-corrected chi connectivity index (χ3v) is 4.77. The summed E-state index contributed by atoms with van der Waals surface area (Å²) in [5.74, 6) is 2.05. The second-order valence-electron chi connectivity index (χ2n) is 6.08. The van der Waals surface area contributed by atoms with Crippen LogP contribution in [-0.4, -0.2) is 24.3 Å². The third kappa shape index (κ3) is 1.62. The molecule has 0 spiro atoms. The molecular formula is C13H21NO. The van der Waals surface area contributed by atoms with Crippen molar-refractivity contribution < 1.29 is 4.74 Å². The highest BCUT2D eigenvalue weighted by Crippen LogP contribution is 2.46. The third-order valence-electron chi connectivity index (χ3n) is 4.77. The number of fused-ring (bicyclic) bond motifs is 2. The molecule has 0 amide bonds. The van der Waals surface area contributed by atoms with Crippen LogP contribution in [0.1, 0.15) is 44.9 Å². The molecule has 3 atom stereocenters. The van der Waals surface area contributed by atoms with Crippen LogP contribution in [0.4, 0.5) is 0 Å². The number of rotatable bonds is 4. The van der Waals surface area contributed by atoms with Crippen LogP contribution in [0.5, 0.6) is 0 Å². The predicted octanol–water partition coefficient (Wildman–Crippen LogP) is 2.08. The summed E-state index contributed by atoms with van der Waals surface area (Å²) >= 11 is 0. The molecule has 0 aromatic carbocycles. The van der Waals surface area contributed by atoms with E-state index in [1.54, 1.807) is 0 Å². The summed E-state index contributed by atoms with van der Waals surface area (Å²) in [5, 5.41) is 3.95. The highest BCUT2D eigenvalue weighted by molar-refractivity contribution is 5.02. The van der Waals surface area contributed by atoms with Crippen LogP contribution >= 0.6 is 0 Å². The average molecular weight is 207 g/mol. The average Bonchev–Trinajstić information content (AvgIpc) is 3.16. The first-order chi connectivity index (χ1) is 7.40. The molecule has 2 heterocycles. The Morgan fingerprint density at radius 1 is 0.933 bits per heavy atom. The van der Waals surface area contributed by atoms with Gasteiger partial charge in [-0.1, -0.05) is 0 Å². The number of ether oxygens (including phenoxy) is 1. The first kappa shape index (κ1) is 9.00. The van der Waals surface area contributed by atoms with E-state index in [1.165, 1.54) is 44.9 Å².